The van der Waals surface area contributed by atoms with Gasteiger partial charge in [0.1, 0.15) is 5.75 Å². The fourth-order valence-electron chi connectivity index (χ4n) is 3.76. The van der Waals surface area contributed by atoms with Crippen molar-refractivity contribution in [2.75, 3.05) is 34.3 Å². The average molecular weight is 331 g/mol. The number of methoxy groups -OCH3 is 1. The molecule has 2 saturated heterocycles. The molecule has 1 N–H and O–H groups in total. The average Bonchev–Trinajstić information content (AvgIpc) is 3.23. The molecule has 0 spiro atoms. The Bertz CT molecular complexity index is 610. The van der Waals surface area contributed by atoms with Gasteiger partial charge >= 0.3 is 0 Å². The van der Waals surface area contributed by atoms with Gasteiger partial charge in [-0.05, 0) is 30.7 Å². The van der Waals surface area contributed by atoms with Gasteiger partial charge in [-0.15, -0.1) is 0 Å². The predicted octanol–water partition coefficient (Wildman–Crippen LogP) is 1.03. The molecule has 0 saturated carbocycles. The first kappa shape index (κ1) is 16.8. The van der Waals surface area contributed by atoms with Gasteiger partial charge in [0.2, 0.25) is 11.8 Å². The van der Waals surface area contributed by atoms with Gasteiger partial charge in [0, 0.05) is 33.1 Å². The van der Waals surface area contributed by atoms with Crippen LogP contribution >= 0.6 is 0 Å². The summed E-state index contributed by atoms with van der Waals surface area (Å²) in [6.45, 7) is 1.76. The summed E-state index contributed by atoms with van der Waals surface area (Å²) in [5, 5.41) is 3.29. The summed E-state index contributed by atoms with van der Waals surface area (Å²) < 4.78 is 5.20. The Kier molecular flexibility index (Phi) is 4.76. The molecule has 3 rings (SSSR count). The molecule has 6 nitrogen and oxygen atoms in total. The molecule has 1 aromatic carbocycles. The second-order valence-electron chi connectivity index (χ2n) is 6.63. The van der Waals surface area contributed by atoms with Crippen LogP contribution in [0.3, 0.4) is 0 Å². The molecule has 2 fully saturated rings. The van der Waals surface area contributed by atoms with E-state index in [4.69, 9.17) is 4.74 Å². The number of carbonyl (C=O) groups excluding carboxylic acids is 2. The maximum atomic E-state index is 13.0. The highest BCUT2D eigenvalue weighted by molar-refractivity contribution is 5.90. The number of ether oxygens (including phenoxy) is 1. The summed E-state index contributed by atoms with van der Waals surface area (Å²) in [6, 6.07) is 7.63. The van der Waals surface area contributed by atoms with E-state index in [-0.39, 0.29) is 36.2 Å². The van der Waals surface area contributed by atoms with Crippen LogP contribution in [-0.4, -0.2) is 62.0 Å². The number of hydrogen-bond donors (Lipinski definition) is 1. The van der Waals surface area contributed by atoms with Crippen molar-refractivity contribution >= 4 is 11.8 Å². The van der Waals surface area contributed by atoms with Gasteiger partial charge in [-0.2, -0.15) is 0 Å². The van der Waals surface area contributed by atoms with Crippen LogP contribution in [0.5, 0.6) is 5.75 Å². The Morgan fingerprint density at radius 2 is 2.04 bits per heavy atom. The zero-order valence-corrected chi connectivity index (χ0v) is 14.5. The van der Waals surface area contributed by atoms with E-state index in [0.717, 1.165) is 30.8 Å². The Morgan fingerprint density at radius 1 is 1.33 bits per heavy atom. The Labute approximate surface area is 142 Å². The lowest BCUT2D eigenvalue weighted by atomic mass is 9.92. The lowest BCUT2D eigenvalue weighted by Crippen LogP contribution is -2.43. The van der Waals surface area contributed by atoms with Crippen molar-refractivity contribution < 1.29 is 14.3 Å². The highest BCUT2D eigenvalue weighted by atomic mass is 16.5. The van der Waals surface area contributed by atoms with Crippen molar-refractivity contribution in [3.8, 4) is 5.75 Å². The maximum absolute atomic E-state index is 13.0. The lowest BCUT2D eigenvalue weighted by Gasteiger charge is -2.30. The summed E-state index contributed by atoms with van der Waals surface area (Å²) >= 11 is 0. The Morgan fingerprint density at radius 3 is 2.62 bits per heavy atom. The van der Waals surface area contributed by atoms with Crippen molar-refractivity contribution in [3.05, 3.63) is 29.8 Å². The van der Waals surface area contributed by atoms with Crippen LogP contribution in [0.15, 0.2) is 24.3 Å². The normalized spacial score (nSPS) is 26.7. The van der Waals surface area contributed by atoms with Crippen molar-refractivity contribution in [2.24, 2.45) is 5.92 Å². The van der Waals surface area contributed by atoms with Gasteiger partial charge in [-0.3, -0.25) is 9.59 Å². The maximum Gasteiger partial charge on any atom is 0.228 e. The van der Waals surface area contributed by atoms with Crippen LogP contribution < -0.4 is 10.1 Å². The first-order chi connectivity index (χ1) is 11.5. The number of rotatable bonds is 4. The molecule has 0 bridgehead atoms. The molecular weight excluding hydrogens is 306 g/mol. The van der Waals surface area contributed by atoms with Crippen LogP contribution in [0.2, 0.25) is 0 Å². The minimum absolute atomic E-state index is 0.0205. The van der Waals surface area contributed by atoms with Crippen molar-refractivity contribution in [3.63, 3.8) is 0 Å². The highest BCUT2D eigenvalue weighted by Crippen LogP contribution is 2.38. The van der Waals surface area contributed by atoms with Crippen molar-refractivity contribution in [2.45, 2.75) is 24.9 Å². The Hall–Kier alpha value is -2.08. The van der Waals surface area contributed by atoms with Gasteiger partial charge in [-0.1, -0.05) is 12.1 Å². The molecule has 2 heterocycles. The van der Waals surface area contributed by atoms with E-state index < -0.39 is 0 Å². The summed E-state index contributed by atoms with van der Waals surface area (Å²) in [7, 11) is 5.26. The summed E-state index contributed by atoms with van der Waals surface area (Å²) in [6.07, 6.45) is 1.24. The number of hydrogen-bond acceptors (Lipinski definition) is 4. The predicted molar refractivity (Wildman–Crippen MR) is 90.7 cm³/mol. The number of nitrogens with one attached hydrogen (secondary N) is 1. The number of likely N-dealkylation sites (tertiary alicyclic amines) is 1. The highest BCUT2D eigenvalue weighted by Gasteiger charge is 2.44. The van der Waals surface area contributed by atoms with Gasteiger partial charge in [0.15, 0.2) is 0 Å². The van der Waals surface area contributed by atoms with Crippen LogP contribution in [0.25, 0.3) is 0 Å². The molecule has 0 radical (unpaired) electrons. The molecule has 6 heteroatoms. The third kappa shape index (κ3) is 2.98. The Balaban J connectivity index is 1.84. The largest absolute Gasteiger partial charge is 0.497 e. The van der Waals surface area contributed by atoms with Crippen LogP contribution in [0.1, 0.15) is 24.4 Å². The molecule has 3 atom stereocenters. The number of benzene rings is 1. The summed E-state index contributed by atoms with van der Waals surface area (Å²) in [4.78, 5) is 28.8. The first-order valence-corrected chi connectivity index (χ1v) is 8.40. The van der Waals surface area contributed by atoms with Crippen molar-refractivity contribution in [1.82, 2.24) is 15.1 Å². The van der Waals surface area contributed by atoms with Gasteiger partial charge in [0.05, 0.1) is 19.1 Å². The van der Waals surface area contributed by atoms with E-state index >= 15 is 0 Å². The smallest absolute Gasteiger partial charge is 0.228 e. The standard InChI is InChI=1S/C18H25N3O3/c1-20(13-8-9-19-11-13)18(23)15-10-16(22)21(2)17(15)12-4-6-14(24-3)7-5-12/h4-7,13,15,17,19H,8-11H2,1-3H3/t13-,15+,17+/m0/s1. The quantitative estimate of drug-likeness (QED) is 0.895. The second kappa shape index (κ2) is 6.81. The molecule has 0 unspecified atom stereocenters. The number of likely N-dealkylation sites (N-methyl/N-ethyl adjacent to an activating group) is 1. The number of carbonyl (C=O) groups is 2. The van der Waals surface area contributed by atoms with Crippen LogP contribution in [0, 0.1) is 5.92 Å². The molecule has 2 aliphatic heterocycles. The van der Waals surface area contributed by atoms with E-state index in [2.05, 4.69) is 5.32 Å². The number of amides is 2. The van der Waals surface area contributed by atoms with Gasteiger partial charge in [-0.25, -0.2) is 0 Å². The molecule has 2 amide bonds. The second-order valence-corrected chi connectivity index (χ2v) is 6.63. The lowest BCUT2D eigenvalue weighted by molar-refractivity contribution is -0.137. The summed E-state index contributed by atoms with van der Waals surface area (Å²) in [5.41, 5.74) is 0.973. The van der Waals surface area contributed by atoms with E-state index in [0.29, 0.717) is 0 Å². The van der Waals surface area contributed by atoms with E-state index in [9.17, 15) is 9.59 Å². The SMILES string of the molecule is COc1ccc([C@@H]2[C@H](C(=O)N(C)[C@H]3CCNC3)CC(=O)N2C)cc1. The zero-order chi connectivity index (χ0) is 17.3. The molecule has 2 aliphatic rings. The van der Waals surface area contributed by atoms with Crippen LogP contribution in [-0.2, 0) is 9.59 Å². The minimum atomic E-state index is -0.332. The van der Waals surface area contributed by atoms with Gasteiger partial charge in [0.25, 0.3) is 0 Å². The topological polar surface area (TPSA) is 61.9 Å². The zero-order valence-electron chi connectivity index (χ0n) is 14.5. The van der Waals surface area contributed by atoms with Crippen LogP contribution in [0.4, 0.5) is 0 Å². The van der Waals surface area contributed by atoms with Gasteiger partial charge < -0.3 is 19.9 Å². The van der Waals surface area contributed by atoms with E-state index in [1.54, 1.807) is 19.1 Å². The summed E-state index contributed by atoms with van der Waals surface area (Å²) in [5.74, 6) is 0.513. The number of nitrogens with zero attached hydrogens (tertiary/aromatic N) is 2. The third-order valence-electron chi connectivity index (χ3n) is 5.29. The minimum Gasteiger partial charge on any atom is -0.497 e. The monoisotopic (exact) mass is 331 g/mol. The fourth-order valence-corrected chi connectivity index (χ4v) is 3.76. The molecule has 0 aromatic heterocycles. The molecule has 24 heavy (non-hydrogen) atoms. The molecule has 1 aromatic rings. The van der Waals surface area contributed by atoms with E-state index in [1.807, 2.05) is 36.2 Å². The molecular formula is C18H25N3O3. The first-order valence-electron chi connectivity index (χ1n) is 8.40. The molecule has 0 aliphatic carbocycles. The molecule has 130 valence electrons. The van der Waals surface area contributed by atoms with Crippen molar-refractivity contribution in [1.29, 1.82) is 0 Å². The fraction of sp³-hybridized carbons (Fsp3) is 0.556. The third-order valence-corrected chi connectivity index (χ3v) is 5.29. The van der Waals surface area contributed by atoms with E-state index in [1.165, 1.54) is 0 Å².